The van der Waals surface area contributed by atoms with Crippen LogP contribution in [0, 0.1) is 0 Å². The van der Waals surface area contributed by atoms with Crippen LogP contribution in [0.5, 0.6) is 0 Å². The third kappa shape index (κ3) is 4.06. The molecular formula is C12H20N2O2. The first-order valence-electron chi connectivity index (χ1n) is 5.71. The lowest BCUT2D eigenvalue weighted by atomic mass is 10.3. The van der Waals surface area contributed by atoms with Crippen molar-refractivity contribution in [3.63, 3.8) is 0 Å². The molecule has 1 aromatic rings. The summed E-state index contributed by atoms with van der Waals surface area (Å²) in [6, 6.07) is 3.41. The predicted molar refractivity (Wildman–Crippen MR) is 66.0 cm³/mol. The first kappa shape index (κ1) is 12.8. The Balaban J connectivity index is 2.62. The Morgan fingerprint density at radius 1 is 1.44 bits per heavy atom. The lowest BCUT2D eigenvalue weighted by molar-refractivity contribution is 0.186. The van der Waals surface area contributed by atoms with E-state index in [4.69, 9.17) is 4.74 Å². The van der Waals surface area contributed by atoms with Gasteiger partial charge >= 0.3 is 0 Å². The van der Waals surface area contributed by atoms with Crippen LogP contribution in [0.25, 0.3) is 0 Å². The third-order valence-corrected chi connectivity index (χ3v) is 2.38. The summed E-state index contributed by atoms with van der Waals surface area (Å²) in [6.45, 7) is 4.25. The monoisotopic (exact) mass is 224 g/mol. The van der Waals surface area contributed by atoms with Crippen LogP contribution in [-0.4, -0.2) is 24.8 Å². The van der Waals surface area contributed by atoms with E-state index in [0.717, 1.165) is 25.1 Å². The Morgan fingerprint density at radius 3 is 2.94 bits per heavy atom. The number of methoxy groups -OCH3 is 1. The van der Waals surface area contributed by atoms with Gasteiger partial charge < -0.3 is 14.6 Å². The molecule has 1 rings (SSSR count). The fraction of sp³-hybridized carbons (Fsp3) is 0.583. The van der Waals surface area contributed by atoms with Crippen LogP contribution in [-0.2, 0) is 11.3 Å². The minimum absolute atomic E-state index is 0.0121. The fourth-order valence-electron chi connectivity index (χ4n) is 1.41. The van der Waals surface area contributed by atoms with Gasteiger partial charge in [-0.15, -0.1) is 0 Å². The largest absolute Gasteiger partial charge is 0.384 e. The van der Waals surface area contributed by atoms with E-state index in [-0.39, 0.29) is 5.56 Å². The molecule has 1 N–H and O–H groups in total. The van der Waals surface area contributed by atoms with Crippen molar-refractivity contribution in [1.82, 2.24) is 4.57 Å². The second-order valence-electron chi connectivity index (χ2n) is 3.72. The SMILES string of the molecule is CCCCNc1ccc(=O)n(CCOC)c1. The molecule has 90 valence electrons. The number of hydrogen-bond acceptors (Lipinski definition) is 3. The van der Waals surface area contributed by atoms with Crippen molar-refractivity contribution in [2.75, 3.05) is 25.6 Å². The van der Waals surface area contributed by atoms with E-state index in [1.165, 1.54) is 0 Å². The highest BCUT2D eigenvalue weighted by molar-refractivity contribution is 5.40. The first-order valence-corrected chi connectivity index (χ1v) is 5.71. The van der Waals surface area contributed by atoms with Gasteiger partial charge in [0.05, 0.1) is 12.3 Å². The third-order valence-electron chi connectivity index (χ3n) is 2.38. The summed E-state index contributed by atoms with van der Waals surface area (Å²) >= 11 is 0. The highest BCUT2D eigenvalue weighted by atomic mass is 16.5. The zero-order valence-corrected chi connectivity index (χ0v) is 10.0. The van der Waals surface area contributed by atoms with Gasteiger partial charge in [0.15, 0.2) is 0 Å². The van der Waals surface area contributed by atoms with E-state index in [0.29, 0.717) is 13.2 Å². The van der Waals surface area contributed by atoms with E-state index >= 15 is 0 Å². The highest BCUT2D eigenvalue weighted by Crippen LogP contribution is 2.03. The van der Waals surface area contributed by atoms with Crippen molar-refractivity contribution in [3.8, 4) is 0 Å². The number of rotatable bonds is 7. The minimum atomic E-state index is 0.0121. The normalized spacial score (nSPS) is 10.4. The second kappa shape index (κ2) is 7.06. The molecule has 16 heavy (non-hydrogen) atoms. The number of aromatic nitrogens is 1. The average molecular weight is 224 g/mol. The molecule has 0 saturated heterocycles. The lowest BCUT2D eigenvalue weighted by Crippen LogP contribution is -2.21. The van der Waals surface area contributed by atoms with E-state index < -0.39 is 0 Å². The smallest absolute Gasteiger partial charge is 0.250 e. The Hall–Kier alpha value is -1.29. The molecule has 0 saturated carbocycles. The molecule has 0 aliphatic rings. The first-order chi connectivity index (χ1) is 7.77. The van der Waals surface area contributed by atoms with Crippen LogP contribution >= 0.6 is 0 Å². The Morgan fingerprint density at radius 2 is 2.25 bits per heavy atom. The fourth-order valence-corrected chi connectivity index (χ4v) is 1.41. The summed E-state index contributed by atoms with van der Waals surface area (Å²) in [7, 11) is 1.63. The number of hydrogen-bond donors (Lipinski definition) is 1. The number of ether oxygens (including phenoxy) is 1. The molecule has 1 aromatic heterocycles. The molecule has 0 aromatic carbocycles. The van der Waals surface area contributed by atoms with Crippen LogP contribution in [0.15, 0.2) is 23.1 Å². The Kier molecular flexibility index (Phi) is 5.64. The molecule has 0 spiro atoms. The van der Waals surface area contributed by atoms with Crippen LogP contribution in [0.3, 0.4) is 0 Å². The molecule has 0 aliphatic heterocycles. The van der Waals surface area contributed by atoms with Crippen LogP contribution < -0.4 is 10.9 Å². The molecule has 1 heterocycles. The molecular weight excluding hydrogens is 204 g/mol. The van der Waals surface area contributed by atoms with Gasteiger partial charge in [0, 0.05) is 32.5 Å². The Bertz CT molecular complexity index is 360. The van der Waals surface area contributed by atoms with E-state index in [2.05, 4.69) is 12.2 Å². The zero-order valence-electron chi connectivity index (χ0n) is 10.0. The summed E-state index contributed by atoms with van der Waals surface area (Å²) in [4.78, 5) is 11.5. The Labute approximate surface area is 96.2 Å². The number of nitrogens with one attached hydrogen (secondary N) is 1. The summed E-state index contributed by atoms with van der Waals surface area (Å²) < 4.78 is 6.62. The standard InChI is InChI=1S/C12H20N2O2/c1-3-4-7-13-11-5-6-12(15)14(10-11)8-9-16-2/h5-6,10,13H,3-4,7-9H2,1-2H3. The highest BCUT2D eigenvalue weighted by Gasteiger charge is 1.97. The molecule has 4 heteroatoms. The maximum absolute atomic E-state index is 11.5. The molecule has 0 fully saturated rings. The van der Waals surface area contributed by atoms with Crippen molar-refractivity contribution >= 4 is 5.69 Å². The predicted octanol–water partition coefficient (Wildman–Crippen LogP) is 1.71. The van der Waals surface area contributed by atoms with Crippen LogP contribution in [0.1, 0.15) is 19.8 Å². The molecule has 0 aliphatic carbocycles. The molecule has 0 bridgehead atoms. The van der Waals surface area contributed by atoms with Crippen LogP contribution in [0.2, 0.25) is 0 Å². The number of anilines is 1. The van der Waals surface area contributed by atoms with Gasteiger partial charge in [0.2, 0.25) is 0 Å². The zero-order chi connectivity index (χ0) is 11.8. The second-order valence-corrected chi connectivity index (χ2v) is 3.72. The quantitative estimate of drug-likeness (QED) is 0.717. The van der Waals surface area contributed by atoms with Gasteiger partial charge in [-0.25, -0.2) is 0 Å². The van der Waals surface area contributed by atoms with Crippen molar-refractivity contribution in [3.05, 3.63) is 28.7 Å². The van der Waals surface area contributed by atoms with Gasteiger partial charge in [-0.3, -0.25) is 4.79 Å². The summed E-state index contributed by atoms with van der Waals surface area (Å²) in [5, 5.41) is 3.29. The van der Waals surface area contributed by atoms with Crippen molar-refractivity contribution in [2.45, 2.75) is 26.3 Å². The molecule has 0 atom stereocenters. The number of nitrogens with zero attached hydrogens (tertiary/aromatic N) is 1. The van der Waals surface area contributed by atoms with Crippen molar-refractivity contribution in [1.29, 1.82) is 0 Å². The summed E-state index contributed by atoms with van der Waals surface area (Å²) in [6.07, 6.45) is 4.14. The maximum Gasteiger partial charge on any atom is 0.250 e. The van der Waals surface area contributed by atoms with Crippen molar-refractivity contribution in [2.24, 2.45) is 0 Å². The topological polar surface area (TPSA) is 43.3 Å². The molecule has 0 radical (unpaired) electrons. The number of unbranched alkanes of at least 4 members (excludes halogenated alkanes) is 1. The average Bonchev–Trinajstić information content (AvgIpc) is 2.30. The maximum atomic E-state index is 11.5. The van der Waals surface area contributed by atoms with Gasteiger partial charge in [0.1, 0.15) is 0 Å². The van der Waals surface area contributed by atoms with Crippen molar-refractivity contribution < 1.29 is 4.74 Å². The number of pyridine rings is 1. The van der Waals surface area contributed by atoms with E-state index in [1.54, 1.807) is 17.7 Å². The molecule has 4 nitrogen and oxygen atoms in total. The van der Waals surface area contributed by atoms with Gasteiger partial charge in [-0.2, -0.15) is 0 Å². The van der Waals surface area contributed by atoms with Gasteiger partial charge in [-0.05, 0) is 12.5 Å². The van der Waals surface area contributed by atoms with Gasteiger partial charge in [-0.1, -0.05) is 13.3 Å². The molecule has 0 unspecified atom stereocenters. The summed E-state index contributed by atoms with van der Waals surface area (Å²) in [5.41, 5.74) is 1.00. The minimum Gasteiger partial charge on any atom is -0.384 e. The van der Waals surface area contributed by atoms with Gasteiger partial charge in [0.25, 0.3) is 5.56 Å². The molecule has 0 amide bonds. The van der Waals surface area contributed by atoms with E-state index in [1.807, 2.05) is 12.3 Å². The van der Waals surface area contributed by atoms with E-state index in [9.17, 15) is 4.79 Å². The summed E-state index contributed by atoms with van der Waals surface area (Å²) in [5.74, 6) is 0. The lowest BCUT2D eigenvalue weighted by Gasteiger charge is -2.09. The van der Waals surface area contributed by atoms with Crippen LogP contribution in [0.4, 0.5) is 5.69 Å².